The molecule has 4 N–H and O–H groups in total. The van der Waals surface area contributed by atoms with Crippen molar-refractivity contribution in [3.05, 3.63) is 48.5 Å². The molecule has 0 radical (unpaired) electrons. The van der Waals surface area contributed by atoms with E-state index in [0.717, 1.165) is 0 Å². The predicted octanol–water partition coefficient (Wildman–Crippen LogP) is 1.68. The van der Waals surface area contributed by atoms with Gasteiger partial charge in [0.1, 0.15) is 0 Å². The van der Waals surface area contributed by atoms with Gasteiger partial charge in [0.2, 0.25) is 9.84 Å². The zero-order valence-corrected chi connectivity index (χ0v) is 9.81. The van der Waals surface area contributed by atoms with Gasteiger partial charge in [-0.05, 0) is 48.5 Å². The summed E-state index contributed by atoms with van der Waals surface area (Å²) in [5.41, 5.74) is 12.1. The van der Waals surface area contributed by atoms with Crippen LogP contribution in [-0.2, 0) is 9.84 Å². The van der Waals surface area contributed by atoms with Crippen LogP contribution in [0, 0.1) is 0 Å². The second kappa shape index (κ2) is 4.10. The Morgan fingerprint density at radius 2 is 0.941 bits per heavy atom. The Labute approximate surface area is 99.8 Å². The van der Waals surface area contributed by atoms with Crippen LogP contribution in [0.15, 0.2) is 58.3 Å². The Morgan fingerprint density at radius 3 is 1.24 bits per heavy atom. The lowest BCUT2D eigenvalue weighted by atomic mass is 11.3. The molecule has 2 rings (SSSR count). The molecular weight excluding hydrogens is 248 g/mol. The first-order valence-electron chi connectivity index (χ1n) is 4.96. The largest absolute Gasteiger partial charge is 0.399 e. The van der Waals surface area contributed by atoms with Crippen LogP contribution in [-0.4, -0.2) is 8.42 Å². The molecule has 0 aliphatic rings. The molecule has 0 aromatic heterocycles. The van der Waals surface area contributed by atoms with E-state index in [1.54, 1.807) is 24.3 Å². The third-order valence-corrected chi connectivity index (χ3v) is 4.17. The molecule has 0 atom stereocenters. The predicted molar refractivity (Wildman–Crippen MR) is 67.2 cm³/mol. The molecule has 0 aliphatic heterocycles. The zero-order chi connectivity index (χ0) is 12.5. The van der Waals surface area contributed by atoms with E-state index >= 15 is 0 Å². The molecule has 0 saturated heterocycles. The van der Waals surface area contributed by atoms with Gasteiger partial charge in [-0.3, -0.25) is 0 Å². The maximum atomic E-state index is 12.2. The van der Waals surface area contributed by atoms with Crippen LogP contribution in [0.3, 0.4) is 0 Å². The standard InChI is InChI=1S/C12H12N2O2S/c13-9-1-5-11(6-2-9)17(15,16)12-7-3-10(14)4-8-12/h1-8H,13-14H2/i1+1,2+1,3+1,4+1,5+1,6+1,7+1,8+1,9+1,10+1,11+1,12+1. The van der Waals surface area contributed by atoms with Crippen molar-refractivity contribution in [1.29, 1.82) is 0 Å². The molecule has 2 aromatic carbocycles. The van der Waals surface area contributed by atoms with Crippen LogP contribution in [0.25, 0.3) is 0 Å². The minimum Gasteiger partial charge on any atom is -0.399 e. The summed E-state index contributed by atoms with van der Waals surface area (Å²) in [5.74, 6) is 0. The molecule has 88 valence electrons. The van der Waals surface area contributed by atoms with Gasteiger partial charge >= 0.3 is 0 Å². The maximum absolute atomic E-state index is 12.2. The van der Waals surface area contributed by atoms with Crippen LogP contribution in [0.1, 0.15) is 0 Å². The van der Waals surface area contributed by atoms with Gasteiger partial charge < -0.3 is 11.5 Å². The van der Waals surface area contributed by atoms with Crippen LogP contribution in [0.4, 0.5) is 11.4 Å². The second-order valence-corrected chi connectivity index (χ2v) is 5.59. The highest BCUT2D eigenvalue weighted by Gasteiger charge is 2.16. The van der Waals surface area contributed by atoms with Gasteiger partial charge in [0, 0.05) is 11.4 Å². The van der Waals surface area contributed by atoms with Gasteiger partial charge in [0.25, 0.3) is 0 Å². The Bertz CT molecular complexity index is 565. The average Bonchev–Trinajstić information content (AvgIpc) is 2.30. The Balaban J connectivity index is 2.50. The smallest absolute Gasteiger partial charge is 0.206 e. The molecule has 0 amide bonds. The van der Waals surface area contributed by atoms with Crippen molar-refractivity contribution in [2.45, 2.75) is 9.79 Å². The van der Waals surface area contributed by atoms with Gasteiger partial charge in [-0.1, -0.05) is 0 Å². The number of nitrogens with two attached hydrogens (primary N) is 2. The molecule has 5 heteroatoms. The minimum absolute atomic E-state index is 0.219. The minimum atomic E-state index is -3.48. The van der Waals surface area contributed by atoms with Crippen LogP contribution < -0.4 is 11.5 Å². The Morgan fingerprint density at radius 1 is 0.647 bits per heavy atom. The first-order chi connectivity index (χ1) is 8.00. The third-order valence-electron chi connectivity index (χ3n) is 2.38. The van der Waals surface area contributed by atoms with E-state index in [9.17, 15) is 8.42 Å². The number of sulfone groups is 1. The summed E-state index contributed by atoms with van der Waals surface area (Å²) in [7, 11) is -3.48. The normalized spacial score (nSPS) is 11.3. The van der Waals surface area contributed by atoms with E-state index in [1.165, 1.54) is 24.3 Å². The van der Waals surface area contributed by atoms with Crippen LogP contribution in [0.5, 0.6) is 0 Å². The molecule has 0 fully saturated rings. The van der Waals surface area contributed by atoms with E-state index in [1.807, 2.05) is 0 Å². The summed E-state index contributed by atoms with van der Waals surface area (Å²) < 4.78 is 24.3. The van der Waals surface area contributed by atoms with E-state index in [-0.39, 0.29) is 9.79 Å². The molecule has 0 saturated carbocycles. The number of hydrogen-bond donors (Lipinski definition) is 2. The van der Waals surface area contributed by atoms with Crippen molar-refractivity contribution >= 4 is 21.2 Å². The van der Waals surface area contributed by atoms with E-state index in [0.29, 0.717) is 11.4 Å². The van der Waals surface area contributed by atoms with Crippen molar-refractivity contribution in [2.75, 3.05) is 11.5 Å². The van der Waals surface area contributed by atoms with Crippen molar-refractivity contribution < 1.29 is 8.42 Å². The number of hydrogen-bond acceptors (Lipinski definition) is 4. The fourth-order valence-corrected chi connectivity index (χ4v) is 2.69. The molecular formula is C12H12N2O2S. The van der Waals surface area contributed by atoms with Gasteiger partial charge in [0.05, 0.1) is 9.79 Å². The Hall–Kier alpha value is -2.01. The van der Waals surface area contributed by atoms with E-state index in [2.05, 4.69) is 0 Å². The highest BCUT2D eigenvalue weighted by molar-refractivity contribution is 7.91. The maximum Gasteiger partial charge on any atom is 0.206 e. The number of benzene rings is 2. The van der Waals surface area contributed by atoms with Gasteiger partial charge in [-0.2, -0.15) is 0 Å². The molecule has 0 aliphatic carbocycles. The zero-order valence-electron chi connectivity index (χ0n) is 9.00. The molecule has 4 nitrogen and oxygen atoms in total. The topological polar surface area (TPSA) is 86.2 Å². The molecule has 0 unspecified atom stereocenters. The third kappa shape index (κ3) is 2.24. The van der Waals surface area contributed by atoms with E-state index in [4.69, 9.17) is 11.5 Å². The van der Waals surface area contributed by atoms with Crippen molar-refractivity contribution in [2.24, 2.45) is 0 Å². The first-order valence-corrected chi connectivity index (χ1v) is 6.44. The van der Waals surface area contributed by atoms with Gasteiger partial charge in [-0.25, -0.2) is 8.42 Å². The average molecular weight is 260 g/mol. The number of rotatable bonds is 2. The number of nitrogen functional groups attached to an aromatic ring is 2. The summed E-state index contributed by atoms with van der Waals surface area (Å²) in [5, 5.41) is 0. The molecule has 17 heavy (non-hydrogen) atoms. The SMILES string of the molecule is N[13c]1[13cH][13cH][13c](S(=O)(=O)[13c]2[13cH][13cH][13c](N)[13cH][13cH]2)[13cH][13cH]1. The molecule has 2 aromatic rings. The summed E-state index contributed by atoms with van der Waals surface area (Å²) in [6.45, 7) is 0. The summed E-state index contributed by atoms with van der Waals surface area (Å²) in [6.07, 6.45) is 0. The van der Waals surface area contributed by atoms with Crippen LogP contribution >= 0.6 is 0 Å². The lowest BCUT2D eigenvalue weighted by Crippen LogP contribution is -2.02. The first kappa shape index (κ1) is 11.5. The summed E-state index contributed by atoms with van der Waals surface area (Å²) in [6, 6.07) is 12.2. The van der Waals surface area contributed by atoms with E-state index < -0.39 is 9.84 Å². The quantitative estimate of drug-likeness (QED) is 0.804. The highest BCUT2D eigenvalue weighted by Crippen LogP contribution is 2.22. The van der Waals surface area contributed by atoms with Crippen molar-refractivity contribution in [3.63, 3.8) is 0 Å². The molecule has 0 spiro atoms. The fraction of sp³-hybridized carbons (Fsp3) is 0. The number of anilines is 2. The summed E-state index contributed by atoms with van der Waals surface area (Å²) in [4.78, 5) is 0.438. The monoisotopic (exact) mass is 260 g/mol. The van der Waals surface area contributed by atoms with Gasteiger partial charge in [-0.15, -0.1) is 0 Å². The molecule has 0 heterocycles. The lowest BCUT2D eigenvalue weighted by Gasteiger charge is -2.05. The van der Waals surface area contributed by atoms with Crippen LogP contribution in [0.2, 0.25) is 0 Å². The highest BCUT2D eigenvalue weighted by atomic mass is 32.2. The van der Waals surface area contributed by atoms with Crippen molar-refractivity contribution in [3.8, 4) is 0 Å². The fourth-order valence-electron chi connectivity index (χ4n) is 1.43. The van der Waals surface area contributed by atoms with Gasteiger partial charge in [0.15, 0.2) is 0 Å². The lowest BCUT2D eigenvalue weighted by molar-refractivity contribution is 0.596. The van der Waals surface area contributed by atoms with Crippen molar-refractivity contribution in [1.82, 2.24) is 0 Å². The summed E-state index contributed by atoms with van der Waals surface area (Å²) >= 11 is 0. The molecule has 0 bridgehead atoms. The second-order valence-electron chi connectivity index (χ2n) is 3.64. The Kier molecular flexibility index (Phi) is 2.77.